The number of likely N-dealkylation sites (tertiary alicyclic amines) is 1. The monoisotopic (exact) mass is 502 g/mol. The third kappa shape index (κ3) is 4.47. The van der Waals surface area contributed by atoms with Crippen LogP contribution in [0.3, 0.4) is 0 Å². The van der Waals surface area contributed by atoms with E-state index in [2.05, 4.69) is 25.3 Å². The van der Waals surface area contributed by atoms with Gasteiger partial charge in [0, 0.05) is 43.0 Å². The van der Waals surface area contributed by atoms with E-state index in [0.29, 0.717) is 70.0 Å². The second-order valence-corrected chi connectivity index (χ2v) is 9.89. The molecule has 0 saturated carbocycles. The van der Waals surface area contributed by atoms with Crippen LogP contribution in [0.5, 0.6) is 0 Å². The first kappa shape index (κ1) is 23.4. The molecule has 4 aliphatic heterocycles. The highest BCUT2D eigenvalue weighted by molar-refractivity contribution is 6.07. The fourth-order valence-corrected chi connectivity index (χ4v) is 5.32. The van der Waals surface area contributed by atoms with Crippen molar-refractivity contribution in [3.63, 3.8) is 0 Å². The molecule has 0 bridgehead atoms. The number of rotatable bonds is 7. The number of alkyl halides is 3. The van der Waals surface area contributed by atoms with Crippen LogP contribution in [0.4, 0.5) is 19.1 Å². The summed E-state index contributed by atoms with van der Waals surface area (Å²) < 4.78 is 47.8. The molecule has 2 fully saturated rings. The molecule has 2 aromatic rings. The van der Waals surface area contributed by atoms with E-state index in [1.54, 1.807) is 15.6 Å². The molecule has 2 saturated heterocycles. The van der Waals surface area contributed by atoms with Crippen molar-refractivity contribution in [3.05, 3.63) is 35.5 Å². The second-order valence-electron chi connectivity index (χ2n) is 9.89. The molecule has 2 aromatic heterocycles. The summed E-state index contributed by atoms with van der Waals surface area (Å²) >= 11 is 0. The Labute approximate surface area is 206 Å². The second kappa shape index (κ2) is 9.47. The summed E-state index contributed by atoms with van der Waals surface area (Å²) in [6, 6.07) is 2.25. The molecule has 12 heteroatoms. The minimum absolute atomic E-state index is 0.123. The average Bonchev–Trinajstić information content (AvgIpc) is 3.38. The predicted molar refractivity (Wildman–Crippen MR) is 130 cm³/mol. The topological polar surface area (TPSA) is 82.6 Å². The minimum Gasteiger partial charge on any atom is -0.378 e. The van der Waals surface area contributed by atoms with E-state index in [1.165, 1.54) is 0 Å². The summed E-state index contributed by atoms with van der Waals surface area (Å²) in [6.45, 7) is 4.79. The van der Waals surface area contributed by atoms with E-state index in [0.717, 1.165) is 28.2 Å². The van der Waals surface area contributed by atoms with Crippen molar-refractivity contribution >= 4 is 22.9 Å². The maximum absolute atomic E-state index is 14.5. The fourth-order valence-electron chi connectivity index (χ4n) is 5.32. The first-order valence-electron chi connectivity index (χ1n) is 12.4. The molecule has 6 rings (SSSR count). The zero-order chi connectivity index (χ0) is 24.8. The van der Waals surface area contributed by atoms with Gasteiger partial charge in [-0.15, -0.1) is 5.10 Å². The van der Waals surface area contributed by atoms with Gasteiger partial charge in [0.1, 0.15) is 6.17 Å². The maximum atomic E-state index is 14.5. The van der Waals surface area contributed by atoms with Crippen LogP contribution in [0.25, 0.3) is 5.52 Å². The van der Waals surface area contributed by atoms with Crippen LogP contribution in [-0.4, -0.2) is 100 Å². The standard InChI is InChI=1S/C24H29F3N8O/c1-14-8-34(11-22(26)27)23-20(30-14)3-2-19(31-23)17-4-5-35-21(17)7-29-24(32-35)28-6-15-9-33(10-18(15)25)16-12-36-13-16/h4-5,7,15-16,18,22H,2-3,6,8-13H2,1H3,(H,28,32)/t15-,18+/m0/s1. The number of halogens is 3. The number of nitrogens with one attached hydrogen (secondary N) is 1. The number of anilines is 1. The lowest BCUT2D eigenvalue weighted by molar-refractivity contribution is -0.0590. The van der Waals surface area contributed by atoms with Crippen molar-refractivity contribution in [2.75, 3.05) is 51.3 Å². The molecule has 9 nitrogen and oxygen atoms in total. The molecule has 0 amide bonds. The summed E-state index contributed by atoms with van der Waals surface area (Å²) in [5.74, 6) is 0.834. The molecule has 2 atom stereocenters. The molecule has 0 spiro atoms. The average molecular weight is 503 g/mol. The van der Waals surface area contributed by atoms with Crippen LogP contribution >= 0.6 is 0 Å². The smallest absolute Gasteiger partial charge is 0.255 e. The van der Waals surface area contributed by atoms with E-state index in [4.69, 9.17) is 9.73 Å². The first-order valence-corrected chi connectivity index (χ1v) is 12.4. The van der Waals surface area contributed by atoms with E-state index >= 15 is 0 Å². The molecule has 0 unspecified atom stereocenters. The lowest BCUT2D eigenvalue weighted by Crippen LogP contribution is -2.48. The fraction of sp³-hybridized carbons (Fsp3) is 0.583. The number of hydrogen-bond acceptors (Lipinski definition) is 8. The Morgan fingerprint density at radius 3 is 2.83 bits per heavy atom. The van der Waals surface area contributed by atoms with Gasteiger partial charge >= 0.3 is 0 Å². The van der Waals surface area contributed by atoms with Gasteiger partial charge in [0.15, 0.2) is 5.82 Å². The number of allylic oxidation sites excluding steroid dienone is 1. The largest absolute Gasteiger partial charge is 0.378 e. The Kier molecular flexibility index (Phi) is 6.16. The molecule has 4 aliphatic rings. The van der Waals surface area contributed by atoms with Crippen LogP contribution in [0.2, 0.25) is 0 Å². The van der Waals surface area contributed by atoms with Gasteiger partial charge in [0.25, 0.3) is 6.43 Å². The van der Waals surface area contributed by atoms with Crippen molar-refractivity contribution < 1.29 is 17.9 Å². The molecule has 0 aliphatic carbocycles. The highest BCUT2D eigenvalue weighted by atomic mass is 19.3. The Morgan fingerprint density at radius 1 is 1.19 bits per heavy atom. The van der Waals surface area contributed by atoms with E-state index in [-0.39, 0.29) is 12.5 Å². The van der Waals surface area contributed by atoms with Crippen molar-refractivity contribution in [1.29, 1.82) is 0 Å². The highest BCUT2D eigenvalue weighted by Crippen LogP contribution is 2.31. The lowest BCUT2D eigenvalue weighted by Gasteiger charge is -2.34. The molecule has 0 aromatic carbocycles. The van der Waals surface area contributed by atoms with Gasteiger partial charge in [0.2, 0.25) is 5.95 Å². The van der Waals surface area contributed by atoms with Gasteiger partial charge in [0.05, 0.1) is 55.5 Å². The van der Waals surface area contributed by atoms with Crippen molar-refractivity contribution in [3.8, 4) is 0 Å². The molecule has 192 valence electrons. The zero-order valence-electron chi connectivity index (χ0n) is 20.1. The molecule has 0 radical (unpaired) electrons. The Bertz CT molecular complexity index is 1240. The summed E-state index contributed by atoms with van der Waals surface area (Å²) in [6.07, 6.45) is 1.50. The quantitative estimate of drug-likeness (QED) is 0.627. The van der Waals surface area contributed by atoms with E-state index in [1.807, 2.05) is 19.2 Å². The normalized spacial score (nSPS) is 25.3. The number of hydrogen-bond donors (Lipinski definition) is 1. The van der Waals surface area contributed by atoms with Crippen molar-refractivity contribution in [1.82, 2.24) is 24.4 Å². The number of aromatic nitrogens is 3. The van der Waals surface area contributed by atoms with Crippen LogP contribution < -0.4 is 5.32 Å². The number of fused-ring (bicyclic) bond motifs is 1. The molecular weight excluding hydrogens is 473 g/mol. The third-order valence-electron chi connectivity index (χ3n) is 7.28. The Balaban J connectivity index is 1.17. The first-order chi connectivity index (χ1) is 17.4. The van der Waals surface area contributed by atoms with Gasteiger partial charge in [-0.2, -0.15) is 0 Å². The third-order valence-corrected chi connectivity index (χ3v) is 7.28. The van der Waals surface area contributed by atoms with E-state index in [9.17, 15) is 13.2 Å². The molecule has 36 heavy (non-hydrogen) atoms. The van der Waals surface area contributed by atoms with Gasteiger partial charge < -0.3 is 15.0 Å². The van der Waals surface area contributed by atoms with Crippen LogP contribution in [0, 0.1) is 5.92 Å². The van der Waals surface area contributed by atoms with Gasteiger partial charge in [-0.05, 0) is 25.8 Å². The Morgan fingerprint density at radius 2 is 2.06 bits per heavy atom. The lowest BCUT2D eigenvalue weighted by atomic mass is 10.0. The van der Waals surface area contributed by atoms with Gasteiger partial charge in [-0.1, -0.05) is 0 Å². The number of aliphatic imine (C=N–C) groups is 2. The Hall–Kier alpha value is -2.99. The van der Waals surface area contributed by atoms with Gasteiger partial charge in [-0.3, -0.25) is 9.89 Å². The van der Waals surface area contributed by atoms with Crippen LogP contribution in [0.15, 0.2) is 40.0 Å². The van der Waals surface area contributed by atoms with E-state index < -0.39 is 12.6 Å². The van der Waals surface area contributed by atoms with Crippen LogP contribution in [0.1, 0.15) is 25.3 Å². The summed E-state index contributed by atoms with van der Waals surface area (Å²) in [4.78, 5) is 17.5. The molecule has 6 heterocycles. The van der Waals surface area contributed by atoms with Gasteiger partial charge in [-0.25, -0.2) is 27.7 Å². The predicted octanol–water partition coefficient (Wildman–Crippen LogP) is 2.60. The SMILES string of the molecule is CC1=NC2=C(N=C(c3ccn4nc(NC[C@H]5CN(C6COC6)C[C@H]5F)ncc34)CC2)N(CC(F)F)C1. The molecule has 1 N–H and O–H groups in total. The highest BCUT2D eigenvalue weighted by Gasteiger charge is 2.38. The molecular formula is C24H29F3N8O. The summed E-state index contributed by atoms with van der Waals surface area (Å²) in [5, 5.41) is 7.73. The summed E-state index contributed by atoms with van der Waals surface area (Å²) in [7, 11) is 0. The number of ether oxygens (including phenoxy) is 1. The minimum atomic E-state index is -2.45. The maximum Gasteiger partial charge on any atom is 0.255 e. The van der Waals surface area contributed by atoms with Crippen LogP contribution in [-0.2, 0) is 4.74 Å². The summed E-state index contributed by atoms with van der Waals surface area (Å²) in [5.41, 5.74) is 4.03. The van der Waals surface area contributed by atoms with Crippen molar-refractivity contribution in [2.45, 2.75) is 38.4 Å². The van der Waals surface area contributed by atoms with Crippen molar-refractivity contribution in [2.24, 2.45) is 15.9 Å². The zero-order valence-corrected chi connectivity index (χ0v) is 20.1. The number of nitrogens with zero attached hydrogens (tertiary/aromatic N) is 7.